The zero-order valence-electron chi connectivity index (χ0n) is 11.9. The number of nitrogens with one attached hydrogen (secondary N) is 2. The number of alkyl halides is 3. The van der Waals surface area contributed by atoms with Gasteiger partial charge in [-0.3, -0.25) is 4.79 Å². The van der Waals surface area contributed by atoms with Crippen LogP contribution in [0.5, 0.6) is 0 Å². The highest BCUT2D eigenvalue weighted by Gasteiger charge is 2.33. The zero-order valence-corrected chi connectivity index (χ0v) is 12.6. The quantitative estimate of drug-likeness (QED) is 0.878. The van der Waals surface area contributed by atoms with Crippen molar-refractivity contribution in [3.63, 3.8) is 0 Å². The largest absolute Gasteiger partial charge is 0.417 e. The molecule has 1 aliphatic heterocycles. The molecule has 1 fully saturated rings. The summed E-state index contributed by atoms with van der Waals surface area (Å²) in [6.45, 7) is 1.26. The van der Waals surface area contributed by atoms with E-state index in [0.29, 0.717) is 25.3 Å². The van der Waals surface area contributed by atoms with Gasteiger partial charge in [-0.05, 0) is 19.5 Å². The lowest BCUT2D eigenvalue weighted by Crippen LogP contribution is -2.41. The molecule has 1 saturated heterocycles. The van der Waals surface area contributed by atoms with Crippen molar-refractivity contribution in [3.05, 3.63) is 22.8 Å². The topological polar surface area (TPSA) is 57.3 Å². The van der Waals surface area contributed by atoms with Gasteiger partial charge in [0.15, 0.2) is 0 Å². The molecule has 2 N–H and O–H groups in total. The first-order chi connectivity index (χ1) is 10.3. The molecular weight excluding hydrogens is 321 g/mol. The first-order valence-electron chi connectivity index (χ1n) is 6.73. The van der Waals surface area contributed by atoms with Crippen LogP contribution in [-0.4, -0.2) is 43.6 Å². The van der Waals surface area contributed by atoms with Crippen molar-refractivity contribution in [2.24, 2.45) is 0 Å². The SMILES string of the molecule is CNCC(=O)NC1CCN(c2ncc(C(F)(F)F)cc2Cl)C1. The van der Waals surface area contributed by atoms with Crippen molar-refractivity contribution in [3.8, 4) is 0 Å². The molecule has 0 aliphatic carbocycles. The van der Waals surface area contributed by atoms with Crippen LogP contribution in [0.4, 0.5) is 19.0 Å². The molecule has 1 aromatic heterocycles. The first-order valence-corrected chi connectivity index (χ1v) is 7.10. The Morgan fingerprint density at radius 1 is 1.55 bits per heavy atom. The van der Waals surface area contributed by atoms with Gasteiger partial charge in [0.1, 0.15) is 5.82 Å². The Labute approximate surface area is 130 Å². The van der Waals surface area contributed by atoms with Crippen LogP contribution in [-0.2, 0) is 11.0 Å². The molecule has 0 spiro atoms. The zero-order chi connectivity index (χ0) is 16.3. The molecule has 1 unspecified atom stereocenters. The van der Waals surface area contributed by atoms with Crippen LogP contribution in [0.1, 0.15) is 12.0 Å². The van der Waals surface area contributed by atoms with Crippen molar-refractivity contribution in [1.82, 2.24) is 15.6 Å². The highest BCUT2D eigenvalue weighted by Crippen LogP contribution is 2.34. The van der Waals surface area contributed by atoms with E-state index in [1.54, 1.807) is 11.9 Å². The standard InChI is InChI=1S/C13H16ClF3N4O/c1-18-6-11(22)20-9-2-3-21(7-9)12-10(14)4-8(5-19-12)13(15,16)17/h4-5,9,18H,2-3,6-7H2,1H3,(H,20,22). The number of carbonyl (C=O) groups excluding carboxylic acids is 1. The summed E-state index contributed by atoms with van der Waals surface area (Å²) in [5.74, 6) is 0.181. The van der Waals surface area contributed by atoms with E-state index < -0.39 is 11.7 Å². The molecule has 1 amide bonds. The van der Waals surface area contributed by atoms with Gasteiger partial charge in [-0.1, -0.05) is 11.6 Å². The molecule has 0 aromatic carbocycles. The maximum absolute atomic E-state index is 12.6. The number of amides is 1. The average molecular weight is 337 g/mol. The number of pyridine rings is 1. The van der Waals surface area contributed by atoms with Gasteiger partial charge in [0.05, 0.1) is 17.1 Å². The maximum atomic E-state index is 12.6. The molecule has 0 radical (unpaired) electrons. The number of anilines is 1. The number of halogens is 4. The van der Waals surface area contributed by atoms with Crippen molar-refractivity contribution in [2.45, 2.75) is 18.6 Å². The van der Waals surface area contributed by atoms with E-state index >= 15 is 0 Å². The number of nitrogens with zero attached hydrogens (tertiary/aromatic N) is 2. The molecule has 22 heavy (non-hydrogen) atoms. The Morgan fingerprint density at radius 2 is 2.27 bits per heavy atom. The fraction of sp³-hybridized carbons (Fsp3) is 0.538. The second kappa shape index (κ2) is 6.70. The Balaban J connectivity index is 2.03. The number of hydrogen-bond donors (Lipinski definition) is 2. The highest BCUT2D eigenvalue weighted by molar-refractivity contribution is 6.33. The third-order valence-electron chi connectivity index (χ3n) is 3.34. The number of rotatable bonds is 4. The molecule has 9 heteroatoms. The minimum absolute atomic E-state index is 0.0444. The van der Waals surface area contributed by atoms with E-state index in [-0.39, 0.29) is 23.5 Å². The van der Waals surface area contributed by atoms with Crippen LogP contribution in [0.15, 0.2) is 12.3 Å². The van der Waals surface area contributed by atoms with E-state index in [0.717, 1.165) is 12.3 Å². The molecule has 0 bridgehead atoms. The van der Waals surface area contributed by atoms with Crippen LogP contribution < -0.4 is 15.5 Å². The molecule has 1 aliphatic rings. The van der Waals surface area contributed by atoms with E-state index in [2.05, 4.69) is 15.6 Å². The smallest absolute Gasteiger partial charge is 0.353 e. The second-order valence-electron chi connectivity index (χ2n) is 5.06. The number of aromatic nitrogens is 1. The van der Waals surface area contributed by atoms with E-state index in [9.17, 15) is 18.0 Å². The van der Waals surface area contributed by atoms with Gasteiger partial charge in [0, 0.05) is 25.3 Å². The lowest BCUT2D eigenvalue weighted by atomic mass is 10.2. The minimum Gasteiger partial charge on any atom is -0.353 e. The summed E-state index contributed by atoms with van der Waals surface area (Å²) >= 11 is 5.92. The predicted molar refractivity (Wildman–Crippen MR) is 76.9 cm³/mol. The molecule has 0 saturated carbocycles. The van der Waals surface area contributed by atoms with Crippen molar-refractivity contribution in [2.75, 3.05) is 31.6 Å². The third kappa shape index (κ3) is 4.01. The van der Waals surface area contributed by atoms with Gasteiger partial charge in [-0.15, -0.1) is 0 Å². The summed E-state index contributed by atoms with van der Waals surface area (Å²) in [6.07, 6.45) is -3.01. The van der Waals surface area contributed by atoms with Gasteiger partial charge < -0.3 is 15.5 Å². The molecule has 1 aromatic rings. The summed E-state index contributed by atoms with van der Waals surface area (Å²) in [5.41, 5.74) is -0.876. The lowest BCUT2D eigenvalue weighted by Gasteiger charge is -2.20. The van der Waals surface area contributed by atoms with E-state index in [1.807, 2.05) is 0 Å². The Kier molecular flexibility index (Phi) is 5.12. The van der Waals surface area contributed by atoms with Crippen LogP contribution in [0.3, 0.4) is 0 Å². The van der Waals surface area contributed by atoms with E-state index in [4.69, 9.17) is 11.6 Å². The number of carbonyl (C=O) groups is 1. The van der Waals surface area contributed by atoms with Gasteiger partial charge >= 0.3 is 6.18 Å². The predicted octanol–water partition coefficient (Wildman–Crippen LogP) is 1.67. The summed E-state index contributed by atoms with van der Waals surface area (Å²) in [5, 5.41) is 5.54. The third-order valence-corrected chi connectivity index (χ3v) is 3.62. The molecule has 1 atom stereocenters. The van der Waals surface area contributed by atoms with Crippen molar-refractivity contribution >= 4 is 23.3 Å². The minimum atomic E-state index is -4.47. The fourth-order valence-electron chi connectivity index (χ4n) is 2.33. The summed E-state index contributed by atoms with van der Waals surface area (Å²) in [6, 6.07) is 0.803. The lowest BCUT2D eigenvalue weighted by molar-refractivity contribution is -0.137. The van der Waals surface area contributed by atoms with Crippen LogP contribution >= 0.6 is 11.6 Å². The molecule has 2 rings (SSSR count). The number of likely N-dealkylation sites (N-methyl/N-ethyl adjacent to an activating group) is 1. The Bertz CT molecular complexity index is 553. The highest BCUT2D eigenvalue weighted by atomic mass is 35.5. The summed E-state index contributed by atoms with van der Waals surface area (Å²) in [7, 11) is 1.67. The summed E-state index contributed by atoms with van der Waals surface area (Å²) in [4.78, 5) is 17.1. The van der Waals surface area contributed by atoms with E-state index in [1.165, 1.54) is 0 Å². The van der Waals surface area contributed by atoms with Gasteiger partial charge in [-0.25, -0.2) is 4.98 Å². The van der Waals surface area contributed by atoms with Crippen molar-refractivity contribution < 1.29 is 18.0 Å². The van der Waals surface area contributed by atoms with Crippen LogP contribution in [0.2, 0.25) is 5.02 Å². The summed E-state index contributed by atoms with van der Waals surface area (Å²) < 4.78 is 37.8. The van der Waals surface area contributed by atoms with Crippen molar-refractivity contribution in [1.29, 1.82) is 0 Å². The second-order valence-corrected chi connectivity index (χ2v) is 5.46. The normalized spacial score (nSPS) is 18.6. The first kappa shape index (κ1) is 16.8. The Hall–Kier alpha value is -1.54. The van der Waals surface area contributed by atoms with Gasteiger partial charge in [0.25, 0.3) is 0 Å². The van der Waals surface area contributed by atoms with Crippen LogP contribution in [0, 0.1) is 0 Å². The van der Waals surface area contributed by atoms with Gasteiger partial charge in [0.2, 0.25) is 5.91 Å². The van der Waals surface area contributed by atoms with Crippen LogP contribution in [0.25, 0.3) is 0 Å². The average Bonchev–Trinajstić information content (AvgIpc) is 2.86. The maximum Gasteiger partial charge on any atom is 0.417 e. The van der Waals surface area contributed by atoms with Gasteiger partial charge in [-0.2, -0.15) is 13.2 Å². The Morgan fingerprint density at radius 3 is 2.86 bits per heavy atom. The fourth-order valence-corrected chi connectivity index (χ4v) is 2.61. The molecule has 2 heterocycles. The molecular formula is C13H16ClF3N4O. The molecule has 5 nitrogen and oxygen atoms in total. The molecule has 122 valence electrons. The number of hydrogen-bond acceptors (Lipinski definition) is 4. The monoisotopic (exact) mass is 336 g/mol.